The Morgan fingerprint density at radius 3 is 2.85 bits per heavy atom. The minimum absolute atomic E-state index is 0.264. The summed E-state index contributed by atoms with van der Waals surface area (Å²) in [6.07, 6.45) is 0. The number of aromatic nitrogens is 1. The molecule has 0 atom stereocenters. The van der Waals surface area contributed by atoms with E-state index in [4.69, 9.17) is 23.2 Å². The number of urea groups is 1. The van der Waals surface area contributed by atoms with E-state index in [2.05, 4.69) is 10.3 Å². The first-order chi connectivity index (χ1) is 9.45. The molecule has 2 rings (SSSR count). The highest BCUT2D eigenvalue weighted by atomic mass is 35.5. The van der Waals surface area contributed by atoms with Crippen LogP contribution in [0, 0.1) is 6.92 Å². The van der Waals surface area contributed by atoms with Crippen LogP contribution >= 0.6 is 34.5 Å². The number of rotatable bonds is 3. The van der Waals surface area contributed by atoms with Gasteiger partial charge >= 0.3 is 6.03 Å². The average molecular weight is 330 g/mol. The number of carbonyl (C=O) groups excluding carboxylic acids is 1. The third-order valence-corrected chi connectivity index (χ3v) is 3.97. The van der Waals surface area contributed by atoms with Gasteiger partial charge in [-0.3, -0.25) is 0 Å². The Balaban J connectivity index is 2.02. The first-order valence-electron chi connectivity index (χ1n) is 5.84. The van der Waals surface area contributed by atoms with E-state index in [1.807, 2.05) is 12.3 Å². The number of carbonyl (C=O) groups is 1. The standard InChI is InChI=1S/C13H13Cl2N3OS/c1-8-16-10(7-20-8)6-18(2)13(19)17-12-5-9(14)3-4-11(12)15/h3-5,7H,6H2,1-2H3,(H,17,19). The van der Waals surface area contributed by atoms with Crippen molar-refractivity contribution in [2.24, 2.45) is 0 Å². The molecule has 0 aliphatic rings. The van der Waals surface area contributed by atoms with Crippen LogP contribution in [0.25, 0.3) is 0 Å². The molecule has 20 heavy (non-hydrogen) atoms. The van der Waals surface area contributed by atoms with Crippen LogP contribution < -0.4 is 5.32 Å². The second kappa shape index (κ2) is 6.43. The molecule has 4 nitrogen and oxygen atoms in total. The number of nitrogens with zero attached hydrogens (tertiary/aromatic N) is 2. The Bertz CT molecular complexity index is 630. The molecule has 1 heterocycles. The van der Waals surface area contributed by atoms with Gasteiger partial charge in [0, 0.05) is 17.5 Å². The van der Waals surface area contributed by atoms with Crippen molar-refractivity contribution in [1.82, 2.24) is 9.88 Å². The van der Waals surface area contributed by atoms with E-state index >= 15 is 0 Å². The number of halogens is 2. The van der Waals surface area contributed by atoms with Gasteiger partial charge in [-0.1, -0.05) is 23.2 Å². The van der Waals surface area contributed by atoms with Gasteiger partial charge in [-0.15, -0.1) is 11.3 Å². The van der Waals surface area contributed by atoms with Crippen LogP contribution in [0.2, 0.25) is 10.0 Å². The average Bonchev–Trinajstić information content (AvgIpc) is 2.79. The molecule has 7 heteroatoms. The molecular weight excluding hydrogens is 317 g/mol. The van der Waals surface area contributed by atoms with Crippen LogP contribution in [0.1, 0.15) is 10.7 Å². The van der Waals surface area contributed by atoms with Crippen molar-refractivity contribution in [3.63, 3.8) is 0 Å². The van der Waals surface area contributed by atoms with Gasteiger partial charge in [-0.05, 0) is 25.1 Å². The van der Waals surface area contributed by atoms with Crippen LogP contribution in [0.15, 0.2) is 23.6 Å². The summed E-state index contributed by atoms with van der Waals surface area (Å²) < 4.78 is 0. The zero-order chi connectivity index (χ0) is 14.7. The topological polar surface area (TPSA) is 45.2 Å². The number of anilines is 1. The molecule has 0 saturated heterocycles. The van der Waals surface area contributed by atoms with Gasteiger partial charge in [0.25, 0.3) is 0 Å². The molecular formula is C13H13Cl2N3OS. The number of nitrogens with one attached hydrogen (secondary N) is 1. The zero-order valence-corrected chi connectivity index (χ0v) is 13.3. The quantitative estimate of drug-likeness (QED) is 0.905. The number of hydrogen-bond acceptors (Lipinski definition) is 3. The van der Waals surface area contributed by atoms with Gasteiger partial charge in [0.05, 0.1) is 28.0 Å². The van der Waals surface area contributed by atoms with Crippen LogP contribution in [0.3, 0.4) is 0 Å². The Hall–Kier alpha value is -1.30. The molecule has 2 aromatic rings. The predicted octanol–water partition coefficient (Wildman–Crippen LogP) is 4.42. The van der Waals surface area contributed by atoms with Crippen molar-refractivity contribution in [3.05, 3.63) is 44.3 Å². The van der Waals surface area contributed by atoms with Gasteiger partial charge in [0.15, 0.2) is 0 Å². The van der Waals surface area contributed by atoms with Gasteiger partial charge in [-0.25, -0.2) is 9.78 Å². The monoisotopic (exact) mass is 329 g/mol. The Labute approximate surface area is 131 Å². The number of aryl methyl sites for hydroxylation is 1. The van der Waals surface area contributed by atoms with Gasteiger partial charge in [-0.2, -0.15) is 0 Å². The van der Waals surface area contributed by atoms with E-state index in [9.17, 15) is 4.79 Å². The van der Waals surface area contributed by atoms with Crippen molar-refractivity contribution in [3.8, 4) is 0 Å². The van der Waals surface area contributed by atoms with Crippen LogP contribution in [0.4, 0.5) is 10.5 Å². The van der Waals surface area contributed by atoms with Crippen molar-refractivity contribution < 1.29 is 4.79 Å². The first kappa shape index (κ1) is 15.1. The molecule has 1 aromatic heterocycles. The molecule has 0 radical (unpaired) electrons. The van der Waals surface area contributed by atoms with Gasteiger partial charge in [0.2, 0.25) is 0 Å². The van der Waals surface area contributed by atoms with Crippen LogP contribution in [-0.2, 0) is 6.54 Å². The van der Waals surface area contributed by atoms with Gasteiger partial charge in [0.1, 0.15) is 0 Å². The maximum atomic E-state index is 12.1. The fourth-order valence-corrected chi connectivity index (χ4v) is 2.54. The molecule has 0 saturated carbocycles. The van der Waals surface area contributed by atoms with E-state index in [1.165, 1.54) is 4.90 Å². The lowest BCUT2D eigenvalue weighted by molar-refractivity contribution is 0.220. The second-order valence-electron chi connectivity index (χ2n) is 4.27. The van der Waals surface area contributed by atoms with Crippen molar-refractivity contribution in [2.75, 3.05) is 12.4 Å². The molecule has 2 amide bonds. The minimum atomic E-state index is -0.264. The Kier molecular flexibility index (Phi) is 4.86. The number of thiazole rings is 1. The lowest BCUT2D eigenvalue weighted by Gasteiger charge is -2.17. The summed E-state index contributed by atoms with van der Waals surface area (Å²) in [4.78, 5) is 17.9. The second-order valence-corrected chi connectivity index (χ2v) is 6.17. The summed E-state index contributed by atoms with van der Waals surface area (Å²) >= 11 is 13.4. The Morgan fingerprint density at radius 1 is 1.45 bits per heavy atom. The molecule has 106 valence electrons. The van der Waals surface area contributed by atoms with E-state index < -0.39 is 0 Å². The predicted molar refractivity (Wildman–Crippen MR) is 83.8 cm³/mol. The third-order valence-electron chi connectivity index (χ3n) is 2.58. The minimum Gasteiger partial charge on any atom is -0.322 e. The van der Waals surface area contributed by atoms with E-state index in [0.717, 1.165) is 10.7 Å². The zero-order valence-electron chi connectivity index (χ0n) is 11.0. The molecule has 0 aliphatic carbocycles. The fourth-order valence-electron chi connectivity index (χ4n) is 1.60. The highest BCUT2D eigenvalue weighted by molar-refractivity contribution is 7.09. The van der Waals surface area contributed by atoms with E-state index in [1.54, 1.807) is 36.6 Å². The molecule has 0 bridgehead atoms. The summed E-state index contributed by atoms with van der Waals surface area (Å²) in [5, 5.41) is 6.60. The molecule has 0 unspecified atom stereocenters. The van der Waals surface area contributed by atoms with E-state index in [-0.39, 0.29) is 6.03 Å². The summed E-state index contributed by atoms with van der Waals surface area (Å²) in [5.41, 5.74) is 1.35. The lowest BCUT2D eigenvalue weighted by Crippen LogP contribution is -2.31. The van der Waals surface area contributed by atoms with E-state index in [0.29, 0.717) is 22.3 Å². The number of hydrogen-bond donors (Lipinski definition) is 1. The number of amides is 2. The van der Waals surface area contributed by atoms with Gasteiger partial charge < -0.3 is 10.2 Å². The maximum Gasteiger partial charge on any atom is 0.321 e. The lowest BCUT2D eigenvalue weighted by atomic mass is 10.3. The van der Waals surface area contributed by atoms with Crippen LogP contribution in [-0.4, -0.2) is 23.0 Å². The summed E-state index contributed by atoms with van der Waals surface area (Å²) in [6, 6.07) is 4.66. The smallest absolute Gasteiger partial charge is 0.321 e. The highest BCUT2D eigenvalue weighted by Gasteiger charge is 2.12. The van der Waals surface area contributed by atoms with Crippen molar-refractivity contribution in [1.29, 1.82) is 0 Å². The van der Waals surface area contributed by atoms with Crippen molar-refractivity contribution >= 4 is 46.3 Å². The summed E-state index contributed by atoms with van der Waals surface area (Å²) in [7, 11) is 1.70. The first-order valence-corrected chi connectivity index (χ1v) is 7.47. The normalized spacial score (nSPS) is 10.4. The molecule has 1 N–H and O–H groups in total. The fraction of sp³-hybridized carbons (Fsp3) is 0.231. The highest BCUT2D eigenvalue weighted by Crippen LogP contribution is 2.25. The number of benzene rings is 1. The summed E-state index contributed by atoms with van der Waals surface area (Å²) in [5.74, 6) is 0. The molecule has 0 fully saturated rings. The molecule has 0 spiro atoms. The Morgan fingerprint density at radius 2 is 2.20 bits per heavy atom. The largest absolute Gasteiger partial charge is 0.322 e. The van der Waals surface area contributed by atoms with Crippen molar-refractivity contribution in [2.45, 2.75) is 13.5 Å². The summed E-state index contributed by atoms with van der Waals surface area (Å²) in [6.45, 7) is 2.37. The third kappa shape index (κ3) is 3.85. The molecule has 0 aliphatic heterocycles. The molecule has 1 aromatic carbocycles. The maximum absolute atomic E-state index is 12.1. The SMILES string of the molecule is Cc1nc(CN(C)C(=O)Nc2cc(Cl)ccc2Cl)cs1. The van der Waals surface area contributed by atoms with Crippen LogP contribution in [0.5, 0.6) is 0 Å².